The van der Waals surface area contributed by atoms with Crippen molar-refractivity contribution in [2.75, 3.05) is 4.90 Å². The largest absolute Gasteiger partial charge is 0.310 e. The third kappa shape index (κ3) is 4.18. The molecule has 0 aromatic heterocycles. The van der Waals surface area contributed by atoms with E-state index in [-0.39, 0.29) is 0 Å². The molecule has 0 aliphatic carbocycles. The van der Waals surface area contributed by atoms with Gasteiger partial charge in [0.1, 0.15) is 0 Å². The number of hydrogen-bond donors (Lipinski definition) is 0. The van der Waals surface area contributed by atoms with Crippen molar-refractivity contribution in [2.45, 2.75) is 6.92 Å². The predicted octanol–water partition coefficient (Wildman–Crippen LogP) is 11.6. The van der Waals surface area contributed by atoms with Crippen molar-refractivity contribution in [1.29, 1.82) is 5.26 Å². The van der Waals surface area contributed by atoms with Crippen LogP contribution in [0.2, 0.25) is 0 Å². The summed E-state index contributed by atoms with van der Waals surface area (Å²) in [5, 5.41) is 17.2. The minimum Gasteiger partial charge on any atom is -0.310 e. The number of nitrogens with zero attached hydrogens (tertiary/aromatic N) is 2. The van der Waals surface area contributed by atoms with Gasteiger partial charge in [0.25, 0.3) is 0 Å². The van der Waals surface area contributed by atoms with E-state index in [1.54, 1.807) is 0 Å². The SMILES string of the molecule is Cc1cc(-c2cc3ccc4ccc(-c5ccccc5C#N)c5ccc(c2)c3c45)ccc1N(c1ccccc1)c1ccccc1. The van der Waals surface area contributed by atoms with Gasteiger partial charge in [-0.1, -0.05) is 97.1 Å². The molecule has 0 spiro atoms. The molecule has 2 heteroatoms. The summed E-state index contributed by atoms with van der Waals surface area (Å²) in [6, 6.07) is 56.0. The van der Waals surface area contributed by atoms with E-state index in [1.165, 1.54) is 49.0 Å². The molecule has 0 saturated carbocycles. The molecule has 206 valence electrons. The van der Waals surface area contributed by atoms with Gasteiger partial charge in [0, 0.05) is 22.6 Å². The molecule has 0 unspecified atom stereocenters. The summed E-state index contributed by atoms with van der Waals surface area (Å²) >= 11 is 0. The Morgan fingerprint density at radius 3 is 1.80 bits per heavy atom. The number of anilines is 3. The second-order valence-corrected chi connectivity index (χ2v) is 11.4. The van der Waals surface area contributed by atoms with E-state index in [0.29, 0.717) is 5.56 Å². The van der Waals surface area contributed by atoms with Crippen LogP contribution in [0.1, 0.15) is 11.1 Å². The Morgan fingerprint density at radius 1 is 0.500 bits per heavy atom. The van der Waals surface area contributed by atoms with Gasteiger partial charge in [-0.05, 0) is 116 Å². The standard InChI is InChI=1S/C42H28N2/c1-28-24-30(20-23-40(28)44(35-11-4-2-5-12-35)36-13-6-3-7-14-36)34-25-31-17-16-29-18-21-38(37-15-9-8-10-33(37)27-43)39-22-19-32(26-34)41(31)42(29)39/h2-26H,1H3. The molecule has 44 heavy (non-hydrogen) atoms. The Hall–Kier alpha value is -5.91. The molecule has 0 bridgehead atoms. The zero-order chi connectivity index (χ0) is 29.6. The van der Waals surface area contributed by atoms with Crippen molar-refractivity contribution in [3.05, 3.63) is 163 Å². The van der Waals surface area contributed by atoms with Gasteiger partial charge in [-0.15, -0.1) is 0 Å². The monoisotopic (exact) mass is 560 g/mol. The maximum Gasteiger partial charge on any atom is 0.0998 e. The number of benzene rings is 8. The van der Waals surface area contributed by atoms with Crippen molar-refractivity contribution >= 4 is 49.4 Å². The van der Waals surface area contributed by atoms with E-state index in [1.807, 2.05) is 24.3 Å². The minimum absolute atomic E-state index is 0.696. The summed E-state index contributed by atoms with van der Waals surface area (Å²) in [5.41, 5.74) is 9.80. The van der Waals surface area contributed by atoms with Crippen LogP contribution in [-0.4, -0.2) is 0 Å². The first-order valence-electron chi connectivity index (χ1n) is 14.9. The maximum absolute atomic E-state index is 9.79. The first kappa shape index (κ1) is 25.8. The molecule has 0 aliphatic rings. The van der Waals surface area contributed by atoms with Crippen molar-refractivity contribution in [3.8, 4) is 28.3 Å². The number of aryl methyl sites for hydroxylation is 1. The highest BCUT2D eigenvalue weighted by Gasteiger charge is 2.17. The summed E-state index contributed by atoms with van der Waals surface area (Å²) in [6.07, 6.45) is 0. The molecule has 0 saturated heterocycles. The minimum atomic E-state index is 0.696. The van der Waals surface area contributed by atoms with Crippen LogP contribution in [0.5, 0.6) is 0 Å². The Bertz CT molecular complexity index is 2290. The van der Waals surface area contributed by atoms with Crippen LogP contribution < -0.4 is 4.90 Å². The van der Waals surface area contributed by atoms with Crippen LogP contribution in [0.15, 0.2) is 152 Å². The Morgan fingerprint density at radius 2 is 1.11 bits per heavy atom. The Balaban J connectivity index is 1.26. The lowest BCUT2D eigenvalue weighted by Gasteiger charge is -2.27. The van der Waals surface area contributed by atoms with Crippen molar-refractivity contribution in [2.24, 2.45) is 0 Å². The van der Waals surface area contributed by atoms with Gasteiger partial charge in [0.2, 0.25) is 0 Å². The summed E-state index contributed by atoms with van der Waals surface area (Å²) in [6.45, 7) is 2.20. The van der Waals surface area contributed by atoms with E-state index in [2.05, 4.69) is 145 Å². The number of para-hydroxylation sites is 2. The second-order valence-electron chi connectivity index (χ2n) is 11.4. The van der Waals surface area contributed by atoms with Crippen LogP contribution in [0.4, 0.5) is 17.1 Å². The average molecular weight is 561 g/mol. The second kappa shape index (κ2) is 10.4. The fourth-order valence-electron chi connectivity index (χ4n) is 6.70. The normalized spacial score (nSPS) is 11.3. The zero-order valence-electron chi connectivity index (χ0n) is 24.3. The van der Waals surface area contributed by atoms with Gasteiger partial charge in [-0.3, -0.25) is 0 Å². The zero-order valence-corrected chi connectivity index (χ0v) is 24.3. The summed E-state index contributed by atoms with van der Waals surface area (Å²) < 4.78 is 0. The molecule has 8 aromatic rings. The molecule has 0 N–H and O–H groups in total. The van der Waals surface area contributed by atoms with Gasteiger partial charge in [-0.25, -0.2) is 0 Å². The molecular formula is C42H28N2. The van der Waals surface area contributed by atoms with Gasteiger partial charge in [0.15, 0.2) is 0 Å². The highest BCUT2D eigenvalue weighted by atomic mass is 15.1. The number of rotatable bonds is 5. The van der Waals surface area contributed by atoms with E-state index in [9.17, 15) is 5.26 Å². The van der Waals surface area contributed by atoms with Crippen LogP contribution in [0.25, 0.3) is 54.6 Å². The smallest absolute Gasteiger partial charge is 0.0998 e. The van der Waals surface area contributed by atoms with Gasteiger partial charge < -0.3 is 4.90 Å². The summed E-state index contributed by atoms with van der Waals surface area (Å²) in [4.78, 5) is 2.32. The van der Waals surface area contributed by atoms with Crippen molar-refractivity contribution < 1.29 is 0 Å². The molecular weight excluding hydrogens is 532 g/mol. The fraction of sp³-hybridized carbons (Fsp3) is 0.0238. The van der Waals surface area contributed by atoms with Crippen LogP contribution >= 0.6 is 0 Å². The summed E-state index contributed by atoms with van der Waals surface area (Å²) in [5.74, 6) is 0. The van der Waals surface area contributed by atoms with Crippen LogP contribution in [0.3, 0.4) is 0 Å². The van der Waals surface area contributed by atoms with Gasteiger partial charge in [-0.2, -0.15) is 5.26 Å². The molecule has 0 radical (unpaired) electrons. The topological polar surface area (TPSA) is 27.0 Å². The first-order chi connectivity index (χ1) is 21.7. The van der Waals surface area contributed by atoms with Gasteiger partial charge in [0.05, 0.1) is 11.6 Å². The number of hydrogen-bond acceptors (Lipinski definition) is 2. The molecule has 8 rings (SSSR count). The lowest BCUT2D eigenvalue weighted by atomic mass is 9.87. The molecule has 0 heterocycles. The van der Waals surface area contributed by atoms with Gasteiger partial charge >= 0.3 is 0 Å². The lowest BCUT2D eigenvalue weighted by molar-refractivity contribution is 1.25. The van der Waals surface area contributed by atoms with Crippen molar-refractivity contribution in [3.63, 3.8) is 0 Å². The third-order valence-electron chi connectivity index (χ3n) is 8.74. The average Bonchev–Trinajstić information content (AvgIpc) is 3.08. The van der Waals surface area contributed by atoms with E-state index in [0.717, 1.165) is 28.2 Å². The fourth-order valence-corrected chi connectivity index (χ4v) is 6.70. The molecule has 0 fully saturated rings. The molecule has 0 amide bonds. The number of nitriles is 1. The lowest BCUT2D eigenvalue weighted by Crippen LogP contribution is -2.11. The molecule has 8 aromatic carbocycles. The highest BCUT2D eigenvalue weighted by Crippen LogP contribution is 2.43. The summed E-state index contributed by atoms with van der Waals surface area (Å²) in [7, 11) is 0. The highest BCUT2D eigenvalue weighted by molar-refractivity contribution is 6.26. The Labute approximate surface area is 257 Å². The predicted molar refractivity (Wildman–Crippen MR) is 185 cm³/mol. The van der Waals surface area contributed by atoms with E-state index < -0.39 is 0 Å². The molecule has 2 nitrogen and oxygen atoms in total. The van der Waals surface area contributed by atoms with Crippen LogP contribution in [0, 0.1) is 18.3 Å². The van der Waals surface area contributed by atoms with Crippen molar-refractivity contribution in [1.82, 2.24) is 0 Å². The van der Waals surface area contributed by atoms with E-state index >= 15 is 0 Å². The maximum atomic E-state index is 9.79. The third-order valence-corrected chi connectivity index (χ3v) is 8.74. The van der Waals surface area contributed by atoms with E-state index in [4.69, 9.17) is 0 Å². The quantitative estimate of drug-likeness (QED) is 0.196. The van der Waals surface area contributed by atoms with Crippen LogP contribution in [-0.2, 0) is 0 Å². The Kier molecular flexibility index (Phi) is 6.10. The molecule has 0 atom stereocenters. The molecule has 0 aliphatic heterocycles. The first-order valence-corrected chi connectivity index (χ1v) is 14.9.